The summed E-state index contributed by atoms with van der Waals surface area (Å²) in [5.74, 6) is 0.961. The van der Waals surface area contributed by atoms with E-state index in [9.17, 15) is 0 Å². The van der Waals surface area contributed by atoms with Crippen LogP contribution >= 0.6 is 0 Å². The molecule has 3 nitrogen and oxygen atoms in total. The van der Waals surface area contributed by atoms with Crippen molar-refractivity contribution in [3.8, 4) is 0 Å². The minimum atomic E-state index is 0.346. The Bertz CT molecular complexity index is 335. The van der Waals surface area contributed by atoms with E-state index in [2.05, 4.69) is 44.5 Å². The topological polar surface area (TPSA) is 15.7 Å². The van der Waals surface area contributed by atoms with Gasteiger partial charge in [0.15, 0.2) is 0 Å². The van der Waals surface area contributed by atoms with Crippen LogP contribution in [0.1, 0.15) is 72.6 Å². The molecule has 0 aromatic carbocycles. The molecule has 2 rings (SSSR count). The number of hydrogen-bond donors (Lipinski definition) is 0. The maximum atomic E-state index is 5.97. The highest BCUT2D eigenvalue weighted by atomic mass is 16.5. The van der Waals surface area contributed by atoms with Gasteiger partial charge in [-0.1, -0.05) is 12.8 Å². The summed E-state index contributed by atoms with van der Waals surface area (Å²) in [4.78, 5) is 5.18. The van der Waals surface area contributed by atoms with Crippen molar-refractivity contribution in [1.82, 2.24) is 9.80 Å². The molecule has 0 radical (unpaired) electrons. The zero-order chi connectivity index (χ0) is 16.9. The maximum absolute atomic E-state index is 5.97. The Hall–Kier alpha value is -0.120. The lowest BCUT2D eigenvalue weighted by atomic mass is 9.84. The van der Waals surface area contributed by atoms with E-state index >= 15 is 0 Å². The lowest BCUT2D eigenvalue weighted by molar-refractivity contribution is -0.0205. The van der Waals surface area contributed by atoms with E-state index in [1.807, 2.05) is 0 Å². The smallest absolute Gasteiger partial charge is 0.0578 e. The molecule has 3 heteroatoms. The van der Waals surface area contributed by atoms with Gasteiger partial charge in [0.1, 0.15) is 0 Å². The SMILES string of the molecule is CC(C)OC1CCC(CCCCN2CCN(C)CC2(C)C)CC1. The fraction of sp³-hybridized carbons (Fsp3) is 1.00. The third-order valence-electron chi connectivity index (χ3n) is 5.81. The molecule has 2 fully saturated rings. The highest BCUT2D eigenvalue weighted by molar-refractivity contribution is 4.88. The number of piperazine rings is 1. The largest absolute Gasteiger partial charge is 0.376 e. The number of likely N-dealkylation sites (N-methyl/N-ethyl adjacent to an activating group) is 1. The molecule has 1 aliphatic carbocycles. The Morgan fingerprint density at radius 2 is 1.74 bits per heavy atom. The van der Waals surface area contributed by atoms with Crippen LogP contribution in [0.2, 0.25) is 0 Å². The van der Waals surface area contributed by atoms with Crippen molar-refractivity contribution in [2.75, 3.05) is 33.2 Å². The molecule has 0 atom stereocenters. The molecule has 1 aliphatic heterocycles. The van der Waals surface area contributed by atoms with Crippen molar-refractivity contribution in [2.45, 2.75) is 90.4 Å². The molecule has 23 heavy (non-hydrogen) atoms. The number of hydrogen-bond acceptors (Lipinski definition) is 3. The van der Waals surface area contributed by atoms with Gasteiger partial charge < -0.3 is 9.64 Å². The highest BCUT2D eigenvalue weighted by Crippen LogP contribution is 2.30. The minimum absolute atomic E-state index is 0.346. The zero-order valence-electron chi connectivity index (χ0n) is 16.3. The summed E-state index contributed by atoms with van der Waals surface area (Å²) < 4.78 is 5.97. The van der Waals surface area contributed by atoms with Gasteiger partial charge in [-0.25, -0.2) is 0 Å². The van der Waals surface area contributed by atoms with E-state index in [4.69, 9.17) is 4.74 Å². The number of rotatable bonds is 7. The number of ether oxygens (including phenoxy) is 1. The standard InChI is InChI=1S/C20H40N2O/c1-17(2)23-19-11-9-18(10-12-19)8-6-7-13-22-15-14-21(5)16-20(22,3)4/h17-19H,6-16H2,1-5H3. The van der Waals surface area contributed by atoms with Gasteiger partial charge in [-0.05, 0) is 79.3 Å². The molecule has 0 amide bonds. The van der Waals surface area contributed by atoms with Crippen LogP contribution in [0.25, 0.3) is 0 Å². The van der Waals surface area contributed by atoms with E-state index in [0.717, 1.165) is 5.92 Å². The van der Waals surface area contributed by atoms with Gasteiger partial charge in [0.05, 0.1) is 12.2 Å². The summed E-state index contributed by atoms with van der Waals surface area (Å²) in [7, 11) is 2.25. The van der Waals surface area contributed by atoms with Gasteiger partial charge in [-0.15, -0.1) is 0 Å². The molecule has 1 saturated heterocycles. The zero-order valence-corrected chi connectivity index (χ0v) is 16.3. The molecule has 0 N–H and O–H groups in total. The van der Waals surface area contributed by atoms with Crippen LogP contribution in [0.5, 0.6) is 0 Å². The Morgan fingerprint density at radius 1 is 1.04 bits per heavy atom. The molecule has 1 saturated carbocycles. The van der Waals surface area contributed by atoms with E-state index in [1.165, 1.54) is 71.1 Å². The van der Waals surface area contributed by atoms with Crippen LogP contribution in [0.3, 0.4) is 0 Å². The van der Waals surface area contributed by atoms with Crippen LogP contribution in [-0.4, -0.2) is 60.8 Å². The van der Waals surface area contributed by atoms with Crippen LogP contribution in [0.4, 0.5) is 0 Å². The first-order valence-electron chi connectivity index (χ1n) is 9.96. The first kappa shape index (κ1) is 19.2. The van der Waals surface area contributed by atoms with Gasteiger partial charge in [-0.3, -0.25) is 4.90 Å². The predicted molar refractivity (Wildman–Crippen MR) is 99.0 cm³/mol. The van der Waals surface area contributed by atoms with Gasteiger partial charge in [0.2, 0.25) is 0 Å². The second-order valence-electron chi connectivity index (χ2n) is 8.86. The fourth-order valence-corrected chi connectivity index (χ4v) is 4.53. The van der Waals surface area contributed by atoms with Crippen LogP contribution in [-0.2, 0) is 4.74 Å². The number of nitrogens with zero attached hydrogens (tertiary/aromatic N) is 2. The summed E-state index contributed by atoms with van der Waals surface area (Å²) in [6.07, 6.45) is 10.5. The average molecular weight is 325 g/mol. The summed E-state index contributed by atoms with van der Waals surface area (Å²) in [5.41, 5.74) is 0.346. The summed E-state index contributed by atoms with van der Waals surface area (Å²) in [6, 6.07) is 0. The predicted octanol–water partition coefficient (Wildman–Crippen LogP) is 4.17. The van der Waals surface area contributed by atoms with Crippen molar-refractivity contribution in [2.24, 2.45) is 5.92 Å². The first-order chi connectivity index (χ1) is 10.9. The van der Waals surface area contributed by atoms with E-state index in [0.29, 0.717) is 17.7 Å². The van der Waals surface area contributed by atoms with E-state index in [1.54, 1.807) is 0 Å². The van der Waals surface area contributed by atoms with Crippen molar-refractivity contribution in [3.05, 3.63) is 0 Å². The molecule has 1 heterocycles. The second-order valence-corrected chi connectivity index (χ2v) is 8.86. The average Bonchev–Trinajstić information content (AvgIpc) is 2.45. The molecular formula is C20H40N2O. The Morgan fingerprint density at radius 3 is 2.35 bits per heavy atom. The molecule has 2 aliphatic rings. The molecule has 0 unspecified atom stereocenters. The monoisotopic (exact) mass is 324 g/mol. The Kier molecular flexibility index (Phi) is 7.37. The highest BCUT2D eigenvalue weighted by Gasteiger charge is 2.31. The van der Waals surface area contributed by atoms with Crippen LogP contribution in [0, 0.1) is 5.92 Å². The quantitative estimate of drug-likeness (QED) is 0.654. The molecule has 0 bridgehead atoms. The first-order valence-corrected chi connectivity index (χ1v) is 9.96. The van der Waals surface area contributed by atoms with Gasteiger partial charge >= 0.3 is 0 Å². The summed E-state index contributed by atoms with van der Waals surface area (Å²) >= 11 is 0. The van der Waals surface area contributed by atoms with Gasteiger partial charge in [0, 0.05) is 25.2 Å². The van der Waals surface area contributed by atoms with Crippen molar-refractivity contribution >= 4 is 0 Å². The molecular weight excluding hydrogens is 284 g/mol. The molecule has 0 aromatic rings. The third-order valence-corrected chi connectivity index (χ3v) is 5.81. The minimum Gasteiger partial charge on any atom is -0.376 e. The lowest BCUT2D eigenvalue weighted by Crippen LogP contribution is -2.58. The lowest BCUT2D eigenvalue weighted by Gasteiger charge is -2.46. The third kappa shape index (κ3) is 6.36. The van der Waals surface area contributed by atoms with E-state index in [-0.39, 0.29) is 0 Å². The fourth-order valence-electron chi connectivity index (χ4n) is 4.53. The Balaban J connectivity index is 1.58. The van der Waals surface area contributed by atoms with Crippen molar-refractivity contribution < 1.29 is 4.74 Å². The van der Waals surface area contributed by atoms with E-state index < -0.39 is 0 Å². The summed E-state index contributed by atoms with van der Waals surface area (Å²) in [5, 5.41) is 0. The molecule has 0 aromatic heterocycles. The summed E-state index contributed by atoms with van der Waals surface area (Å²) in [6.45, 7) is 14.1. The van der Waals surface area contributed by atoms with Crippen LogP contribution < -0.4 is 0 Å². The normalized spacial score (nSPS) is 30.0. The second kappa shape index (κ2) is 8.82. The molecule has 0 spiro atoms. The van der Waals surface area contributed by atoms with Gasteiger partial charge in [0.25, 0.3) is 0 Å². The van der Waals surface area contributed by atoms with Crippen molar-refractivity contribution in [3.63, 3.8) is 0 Å². The Labute approximate surface area is 144 Å². The van der Waals surface area contributed by atoms with Crippen LogP contribution in [0.15, 0.2) is 0 Å². The van der Waals surface area contributed by atoms with Crippen molar-refractivity contribution in [1.29, 1.82) is 0 Å². The number of unbranched alkanes of at least 4 members (excludes halogenated alkanes) is 1. The molecule has 136 valence electrons. The maximum Gasteiger partial charge on any atom is 0.0578 e. The van der Waals surface area contributed by atoms with Gasteiger partial charge in [-0.2, -0.15) is 0 Å².